The Bertz CT molecular complexity index is 529. The van der Waals surface area contributed by atoms with Gasteiger partial charge in [0.1, 0.15) is 15.7 Å². The van der Waals surface area contributed by atoms with Crippen molar-refractivity contribution in [2.45, 2.75) is 37.5 Å². The van der Waals surface area contributed by atoms with Gasteiger partial charge < -0.3 is 4.74 Å². The minimum Gasteiger partial charge on any atom is -0.492 e. The molecule has 0 aliphatic rings. The van der Waals surface area contributed by atoms with E-state index in [9.17, 15) is 8.42 Å². The molecule has 0 saturated carbocycles. The first-order chi connectivity index (χ1) is 8.88. The Balaban J connectivity index is 2.75. The Morgan fingerprint density at radius 3 is 2.37 bits per heavy atom. The largest absolute Gasteiger partial charge is 0.492 e. The minimum absolute atomic E-state index is 0.0684. The number of rotatable bonds is 7. The van der Waals surface area contributed by atoms with Crippen molar-refractivity contribution in [3.63, 3.8) is 0 Å². The highest BCUT2D eigenvalue weighted by atomic mass is 35.7. The first-order valence-electron chi connectivity index (χ1n) is 5.93. The molecule has 0 N–H and O–H groups in total. The van der Waals surface area contributed by atoms with Crippen molar-refractivity contribution >= 4 is 42.9 Å². The van der Waals surface area contributed by atoms with Crippen LogP contribution in [0.4, 0.5) is 0 Å². The Labute approximate surface area is 128 Å². The molecule has 1 aromatic carbocycles. The quantitative estimate of drug-likeness (QED) is 0.522. The van der Waals surface area contributed by atoms with Crippen molar-refractivity contribution in [1.29, 1.82) is 0 Å². The molecule has 0 aliphatic carbocycles. The summed E-state index contributed by atoms with van der Waals surface area (Å²) in [7, 11) is 1.33. The van der Waals surface area contributed by atoms with Crippen LogP contribution in [0, 0.1) is 0 Å². The second-order valence-corrected chi connectivity index (χ2v) is 7.33. The molecule has 0 aromatic heterocycles. The van der Waals surface area contributed by atoms with Crippen LogP contribution in [0.2, 0.25) is 10.0 Å². The van der Waals surface area contributed by atoms with E-state index in [-0.39, 0.29) is 14.9 Å². The summed E-state index contributed by atoms with van der Waals surface area (Å²) in [6, 6.07) is 2.75. The van der Waals surface area contributed by atoms with E-state index in [2.05, 4.69) is 6.92 Å². The Kier molecular flexibility index (Phi) is 6.74. The van der Waals surface area contributed by atoms with Crippen molar-refractivity contribution in [2.24, 2.45) is 0 Å². The Morgan fingerprint density at radius 2 is 1.79 bits per heavy atom. The summed E-state index contributed by atoms with van der Waals surface area (Å²) in [4.78, 5) is -0.209. The molecule has 3 nitrogen and oxygen atoms in total. The third-order valence-electron chi connectivity index (χ3n) is 2.53. The maximum atomic E-state index is 11.2. The molecule has 1 aromatic rings. The molecule has 0 saturated heterocycles. The van der Waals surface area contributed by atoms with Crippen LogP contribution in [0.5, 0.6) is 5.75 Å². The highest BCUT2D eigenvalue weighted by molar-refractivity contribution is 8.13. The van der Waals surface area contributed by atoms with E-state index < -0.39 is 9.05 Å². The van der Waals surface area contributed by atoms with E-state index in [1.807, 2.05) is 0 Å². The summed E-state index contributed by atoms with van der Waals surface area (Å²) in [6.07, 6.45) is 4.30. The van der Waals surface area contributed by atoms with Gasteiger partial charge in [0, 0.05) is 10.7 Å². The summed E-state index contributed by atoms with van der Waals surface area (Å²) in [5, 5.41) is -0.0402. The predicted octanol–water partition coefficient (Wildman–Crippen LogP) is 4.88. The average Bonchev–Trinajstić information content (AvgIpc) is 2.32. The minimum atomic E-state index is -3.90. The third kappa shape index (κ3) is 5.03. The van der Waals surface area contributed by atoms with Crippen molar-refractivity contribution in [1.82, 2.24) is 0 Å². The molecular formula is C12H15Cl3O3S. The normalized spacial score (nSPS) is 11.6. The maximum Gasteiger partial charge on any atom is 0.262 e. The van der Waals surface area contributed by atoms with Gasteiger partial charge in [0.25, 0.3) is 9.05 Å². The zero-order chi connectivity index (χ0) is 14.5. The number of hydrogen-bond acceptors (Lipinski definition) is 3. The van der Waals surface area contributed by atoms with Crippen LogP contribution in [-0.4, -0.2) is 15.0 Å². The summed E-state index contributed by atoms with van der Waals surface area (Å²) < 4.78 is 27.9. The molecule has 0 bridgehead atoms. The van der Waals surface area contributed by atoms with Crippen LogP contribution >= 0.6 is 33.9 Å². The standard InChI is InChI=1S/C12H15Cl3O3S/c1-2-3-4-5-8-18-9-6-7-10(19(15,16)17)12(14)11(9)13/h6-7H,2-5,8H2,1H3. The lowest BCUT2D eigenvalue weighted by molar-refractivity contribution is 0.305. The van der Waals surface area contributed by atoms with Crippen molar-refractivity contribution < 1.29 is 13.2 Å². The number of ether oxygens (including phenoxy) is 1. The molecule has 0 aliphatic heterocycles. The molecule has 0 amide bonds. The van der Waals surface area contributed by atoms with E-state index in [0.717, 1.165) is 25.7 Å². The summed E-state index contributed by atoms with van der Waals surface area (Å²) >= 11 is 11.8. The molecule has 0 radical (unpaired) electrons. The van der Waals surface area contributed by atoms with Gasteiger partial charge in [-0.3, -0.25) is 0 Å². The molecule has 0 unspecified atom stereocenters. The van der Waals surface area contributed by atoms with Crippen LogP contribution in [0.3, 0.4) is 0 Å². The van der Waals surface area contributed by atoms with Gasteiger partial charge in [-0.05, 0) is 18.6 Å². The number of hydrogen-bond donors (Lipinski definition) is 0. The van der Waals surface area contributed by atoms with E-state index in [4.69, 9.17) is 38.6 Å². The van der Waals surface area contributed by atoms with Crippen LogP contribution in [0.1, 0.15) is 32.6 Å². The van der Waals surface area contributed by atoms with Gasteiger partial charge >= 0.3 is 0 Å². The number of unbranched alkanes of at least 4 members (excludes halogenated alkanes) is 3. The fraction of sp³-hybridized carbons (Fsp3) is 0.500. The molecule has 108 valence electrons. The highest BCUT2D eigenvalue weighted by Crippen LogP contribution is 2.37. The van der Waals surface area contributed by atoms with Gasteiger partial charge in [0.05, 0.1) is 11.6 Å². The molecule has 0 heterocycles. The first kappa shape index (κ1) is 16.9. The zero-order valence-electron chi connectivity index (χ0n) is 10.5. The van der Waals surface area contributed by atoms with E-state index in [1.165, 1.54) is 12.1 Å². The lowest BCUT2D eigenvalue weighted by atomic mass is 10.2. The van der Waals surface area contributed by atoms with Gasteiger partial charge in [0.15, 0.2) is 0 Å². The lowest BCUT2D eigenvalue weighted by Crippen LogP contribution is -2.00. The maximum absolute atomic E-state index is 11.2. The molecule has 0 spiro atoms. The van der Waals surface area contributed by atoms with E-state index >= 15 is 0 Å². The second-order valence-electron chi connectivity index (χ2n) is 4.04. The smallest absolute Gasteiger partial charge is 0.262 e. The Hall–Kier alpha value is -0.160. The lowest BCUT2D eigenvalue weighted by Gasteiger charge is -2.10. The SMILES string of the molecule is CCCCCCOc1ccc(S(=O)(=O)Cl)c(Cl)c1Cl. The molecular weight excluding hydrogens is 331 g/mol. The third-order valence-corrected chi connectivity index (χ3v) is 4.87. The molecule has 7 heteroatoms. The second kappa shape index (κ2) is 7.58. The van der Waals surface area contributed by atoms with Gasteiger partial charge in [-0.15, -0.1) is 0 Å². The van der Waals surface area contributed by atoms with Crippen molar-refractivity contribution in [3.05, 3.63) is 22.2 Å². The van der Waals surface area contributed by atoms with Gasteiger partial charge in [0.2, 0.25) is 0 Å². The van der Waals surface area contributed by atoms with E-state index in [0.29, 0.717) is 12.4 Å². The Morgan fingerprint density at radius 1 is 1.11 bits per heavy atom. The zero-order valence-corrected chi connectivity index (χ0v) is 13.5. The number of benzene rings is 1. The van der Waals surface area contributed by atoms with Crippen molar-refractivity contribution in [2.75, 3.05) is 6.61 Å². The monoisotopic (exact) mass is 344 g/mol. The fourth-order valence-electron chi connectivity index (χ4n) is 1.52. The van der Waals surface area contributed by atoms with Crippen LogP contribution < -0.4 is 4.74 Å². The van der Waals surface area contributed by atoms with Gasteiger partial charge in [-0.1, -0.05) is 49.4 Å². The van der Waals surface area contributed by atoms with E-state index in [1.54, 1.807) is 0 Å². The summed E-state index contributed by atoms with van der Waals surface area (Å²) in [5.74, 6) is 0.368. The molecule has 1 rings (SSSR count). The first-order valence-corrected chi connectivity index (χ1v) is 9.00. The highest BCUT2D eigenvalue weighted by Gasteiger charge is 2.19. The molecule has 19 heavy (non-hydrogen) atoms. The van der Waals surface area contributed by atoms with Crippen LogP contribution in [0.25, 0.3) is 0 Å². The predicted molar refractivity (Wildman–Crippen MR) is 79.1 cm³/mol. The van der Waals surface area contributed by atoms with Crippen LogP contribution in [0.15, 0.2) is 17.0 Å². The topological polar surface area (TPSA) is 43.4 Å². The fourth-order valence-corrected chi connectivity index (χ4v) is 3.31. The molecule has 0 atom stereocenters. The molecule has 0 fully saturated rings. The summed E-state index contributed by atoms with van der Waals surface area (Å²) in [6.45, 7) is 2.64. The summed E-state index contributed by atoms with van der Waals surface area (Å²) in [5.41, 5.74) is 0. The average molecular weight is 346 g/mol. The van der Waals surface area contributed by atoms with Gasteiger partial charge in [-0.2, -0.15) is 0 Å². The van der Waals surface area contributed by atoms with Crippen molar-refractivity contribution in [3.8, 4) is 5.75 Å². The van der Waals surface area contributed by atoms with Crippen LogP contribution in [-0.2, 0) is 9.05 Å². The number of halogens is 3. The van der Waals surface area contributed by atoms with Gasteiger partial charge in [-0.25, -0.2) is 8.42 Å².